The Hall–Kier alpha value is -1.70. The number of unbranched alkanes of at least 4 members (excludes halogenated alkanes) is 8. The molecule has 1 aromatic carbocycles. The van der Waals surface area contributed by atoms with Crippen LogP contribution in [0.2, 0.25) is 0 Å². The molecule has 0 atom stereocenters. The van der Waals surface area contributed by atoms with Crippen molar-refractivity contribution in [2.45, 2.75) is 104 Å². The highest BCUT2D eigenvalue weighted by atomic mass is 14.9. The second-order valence-corrected chi connectivity index (χ2v) is 8.98. The Bertz CT molecular complexity index is 643. The lowest BCUT2D eigenvalue weighted by atomic mass is 10.0. The fourth-order valence-electron chi connectivity index (χ4n) is 3.80. The molecule has 0 amide bonds. The summed E-state index contributed by atoms with van der Waals surface area (Å²) in [4.78, 5) is 9.22. The minimum Gasteiger partial charge on any atom is -0.236 e. The van der Waals surface area contributed by atoms with Crippen LogP contribution in [0.25, 0.3) is 11.4 Å². The van der Waals surface area contributed by atoms with Gasteiger partial charge in [0.25, 0.3) is 0 Å². The maximum absolute atomic E-state index is 4.61. The van der Waals surface area contributed by atoms with Gasteiger partial charge in [0.2, 0.25) is 0 Å². The number of aryl methyl sites for hydroxylation is 2. The van der Waals surface area contributed by atoms with Gasteiger partial charge in [0.1, 0.15) is 0 Å². The summed E-state index contributed by atoms with van der Waals surface area (Å²) < 4.78 is 0. The first kappa shape index (κ1) is 23.6. The third-order valence-electron chi connectivity index (χ3n) is 5.73. The van der Waals surface area contributed by atoms with Gasteiger partial charge >= 0.3 is 0 Å². The van der Waals surface area contributed by atoms with Crippen LogP contribution in [0.3, 0.4) is 0 Å². The molecular formula is C27H42N2. The lowest BCUT2D eigenvalue weighted by molar-refractivity contribution is 0.527. The summed E-state index contributed by atoms with van der Waals surface area (Å²) in [5, 5.41) is 0. The number of rotatable bonds is 15. The minimum atomic E-state index is 0.830. The Morgan fingerprint density at radius 3 is 1.83 bits per heavy atom. The van der Waals surface area contributed by atoms with Gasteiger partial charge in [-0.1, -0.05) is 103 Å². The molecule has 0 radical (unpaired) electrons. The number of nitrogens with zero attached hydrogens (tertiary/aromatic N) is 2. The van der Waals surface area contributed by atoms with Crippen molar-refractivity contribution in [2.24, 2.45) is 5.92 Å². The molecule has 0 saturated heterocycles. The zero-order valence-electron chi connectivity index (χ0n) is 19.1. The van der Waals surface area contributed by atoms with Crippen LogP contribution in [0.5, 0.6) is 0 Å². The van der Waals surface area contributed by atoms with Crippen LogP contribution in [0.1, 0.15) is 103 Å². The molecule has 0 N–H and O–H groups in total. The van der Waals surface area contributed by atoms with Gasteiger partial charge in [-0.3, -0.25) is 0 Å². The van der Waals surface area contributed by atoms with Crippen LogP contribution < -0.4 is 0 Å². The first-order valence-corrected chi connectivity index (χ1v) is 12.1. The molecule has 29 heavy (non-hydrogen) atoms. The zero-order chi connectivity index (χ0) is 20.7. The van der Waals surface area contributed by atoms with Gasteiger partial charge in [0.15, 0.2) is 5.82 Å². The highest BCUT2D eigenvalue weighted by Crippen LogP contribution is 2.18. The molecule has 2 aromatic rings. The van der Waals surface area contributed by atoms with Crippen molar-refractivity contribution in [3.8, 4) is 11.4 Å². The average Bonchev–Trinajstić information content (AvgIpc) is 2.74. The first-order valence-electron chi connectivity index (χ1n) is 12.1. The van der Waals surface area contributed by atoms with Gasteiger partial charge in [-0.05, 0) is 42.7 Å². The van der Waals surface area contributed by atoms with Gasteiger partial charge in [0, 0.05) is 18.0 Å². The Kier molecular flexibility index (Phi) is 11.6. The van der Waals surface area contributed by atoms with Crippen LogP contribution in [0, 0.1) is 5.92 Å². The summed E-state index contributed by atoms with van der Waals surface area (Å²) in [5.41, 5.74) is 3.81. The molecule has 2 heteroatoms. The third-order valence-corrected chi connectivity index (χ3v) is 5.73. The maximum Gasteiger partial charge on any atom is 0.159 e. The van der Waals surface area contributed by atoms with Crippen molar-refractivity contribution in [3.05, 3.63) is 47.8 Å². The Labute approximate surface area is 179 Å². The van der Waals surface area contributed by atoms with E-state index in [1.807, 2.05) is 12.4 Å². The Morgan fingerprint density at radius 2 is 1.21 bits per heavy atom. The monoisotopic (exact) mass is 394 g/mol. The molecule has 0 fully saturated rings. The largest absolute Gasteiger partial charge is 0.236 e. The molecule has 0 saturated carbocycles. The SMILES string of the molecule is CCCCCCCCCc1cnc(-c2ccc(CCCCCC(C)C)cc2)nc1. The van der Waals surface area contributed by atoms with Crippen molar-refractivity contribution in [3.63, 3.8) is 0 Å². The predicted octanol–water partition coefficient (Wildman–Crippen LogP) is 8.20. The van der Waals surface area contributed by atoms with E-state index in [-0.39, 0.29) is 0 Å². The molecule has 0 unspecified atom stereocenters. The molecule has 0 aliphatic carbocycles. The summed E-state index contributed by atoms with van der Waals surface area (Å²) in [7, 11) is 0. The van der Waals surface area contributed by atoms with E-state index in [0.717, 1.165) is 23.7 Å². The predicted molar refractivity (Wildman–Crippen MR) is 126 cm³/mol. The summed E-state index contributed by atoms with van der Waals surface area (Å²) in [6.45, 7) is 6.89. The smallest absolute Gasteiger partial charge is 0.159 e. The van der Waals surface area contributed by atoms with Crippen LogP contribution in [0.15, 0.2) is 36.7 Å². The Morgan fingerprint density at radius 1 is 0.655 bits per heavy atom. The summed E-state index contributed by atoms with van der Waals surface area (Å²) in [6, 6.07) is 8.84. The van der Waals surface area contributed by atoms with Crippen LogP contribution >= 0.6 is 0 Å². The molecule has 160 valence electrons. The third kappa shape index (κ3) is 10.1. The van der Waals surface area contributed by atoms with Gasteiger partial charge in [-0.25, -0.2) is 9.97 Å². The van der Waals surface area contributed by atoms with Crippen molar-refractivity contribution in [1.29, 1.82) is 0 Å². The fourth-order valence-corrected chi connectivity index (χ4v) is 3.80. The minimum absolute atomic E-state index is 0.830. The molecule has 0 spiro atoms. The lowest BCUT2D eigenvalue weighted by Crippen LogP contribution is -1.94. The van der Waals surface area contributed by atoms with E-state index in [1.54, 1.807) is 0 Å². The highest BCUT2D eigenvalue weighted by Gasteiger charge is 2.03. The van der Waals surface area contributed by atoms with Crippen LogP contribution in [0.4, 0.5) is 0 Å². The molecular weight excluding hydrogens is 352 g/mol. The van der Waals surface area contributed by atoms with E-state index in [2.05, 4.69) is 55.0 Å². The normalized spacial score (nSPS) is 11.3. The van der Waals surface area contributed by atoms with E-state index in [4.69, 9.17) is 0 Å². The van der Waals surface area contributed by atoms with E-state index < -0.39 is 0 Å². The molecule has 2 nitrogen and oxygen atoms in total. The second kappa shape index (κ2) is 14.3. The number of hydrogen-bond donors (Lipinski definition) is 0. The maximum atomic E-state index is 4.61. The second-order valence-electron chi connectivity index (χ2n) is 8.98. The molecule has 0 bridgehead atoms. The van der Waals surface area contributed by atoms with Crippen molar-refractivity contribution < 1.29 is 0 Å². The van der Waals surface area contributed by atoms with E-state index in [1.165, 1.54) is 88.2 Å². The summed E-state index contributed by atoms with van der Waals surface area (Å²) >= 11 is 0. The Balaban J connectivity index is 1.69. The topological polar surface area (TPSA) is 25.8 Å². The first-order chi connectivity index (χ1) is 14.2. The van der Waals surface area contributed by atoms with E-state index in [9.17, 15) is 0 Å². The summed E-state index contributed by atoms with van der Waals surface area (Å²) in [6.07, 6.45) is 21.1. The molecule has 0 aliphatic rings. The van der Waals surface area contributed by atoms with Crippen molar-refractivity contribution >= 4 is 0 Å². The van der Waals surface area contributed by atoms with Crippen LogP contribution in [-0.2, 0) is 12.8 Å². The van der Waals surface area contributed by atoms with Crippen molar-refractivity contribution in [2.75, 3.05) is 0 Å². The van der Waals surface area contributed by atoms with E-state index >= 15 is 0 Å². The molecule has 1 aromatic heterocycles. The molecule has 0 aliphatic heterocycles. The van der Waals surface area contributed by atoms with Crippen LogP contribution in [-0.4, -0.2) is 9.97 Å². The van der Waals surface area contributed by atoms with Gasteiger partial charge in [-0.15, -0.1) is 0 Å². The lowest BCUT2D eigenvalue weighted by Gasteiger charge is -2.06. The van der Waals surface area contributed by atoms with Gasteiger partial charge in [-0.2, -0.15) is 0 Å². The zero-order valence-corrected chi connectivity index (χ0v) is 19.1. The number of hydrogen-bond acceptors (Lipinski definition) is 2. The number of benzene rings is 1. The standard InChI is InChI=1S/C27H42N2/c1-4-5-6-7-8-9-12-16-25-21-28-27(29-22-25)26-19-17-24(18-20-26)15-13-10-11-14-23(2)3/h17-23H,4-16H2,1-3H3. The number of aromatic nitrogens is 2. The average molecular weight is 395 g/mol. The van der Waals surface area contributed by atoms with Gasteiger partial charge in [0.05, 0.1) is 0 Å². The highest BCUT2D eigenvalue weighted by molar-refractivity contribution is 5.55. The molecule has 2 rings (SSSR count). The summed E-state index contributed by atoms with van der Waals surface area (Å²) in [5.74, 6) is 1.67. The van der Waals surface area contributed by atoms with Gasteiger partial charge < -0.3 is 0 Å². The van der Waals surface area contributed by atoms with E-state index in [0.29, 0.717) is 0 Å². The fraction of sp³-hybridized carbons (Fsp3) is 0.630. The van der Waals surface area contributed by atoms with Crippen molar-refractivity contribution in [1.82, 2.24) is 9.97 Å². The quantitative estimate of drug-likeness (QED) is 0.284. The molecule has 1 heterocycles.